The van der Waals surface area contributed by atoms with Gasteiger partial charge in [0.2, 0.25) is 0 Å². The summed E-state index contributed by atoms with van der Waals surface area (Å²) in [6, 6.07) is 5.28. The van der Waals surface area contributed by atoms with Crippen LogP contribution in [0.5, 0.6) is 5.75 Å². The number of rotatable bonds is 3. The van der Waals surface area contributed by atoms with Crippen molar-refractivity contribution in [3.8, 4) is 5.75 Å². The van der Waals surface area contributed by atoms with Gasteiger partial charge in [-0.05, 0) is 6.07 Å². The van der Waals surface area contributed by atoms with Crippen LogP contribution in [0, 0.1) is 0 Å². The van der Waals surface area contributed by atoms with E-state index in [2.05, 4.69) is 10.3 Å². The number of para-hydroxylation sites is 1. The Balaban J connectivity index is 2.08. The normalized spacial score (nSPS) is 10.2. The minimum absolute atomic E-state index is 0.128. The highest BCUT2D eigenvalue weighted by atomic mass is 35.5. The molecule has 0 spiro atoms. The fourth-order valence-corrected chi connectivity index (χ4v) is 1.91. The summed E-state index contributed by atoms with van der Waals surface area (Å²) in [5.74, 6) is 0.128. The Bertz CT molecular complexity index is 445. The molecule has 0 aliphatic rings. The lowest BCUT2D eigenvalue weighted by molar-refractivity contribution is 0.469. The maximum atomic E-state index is 9.64. The van der Waals surface area contributed by atoms with Crippen molar-refractivity contribution in [3.05, 3.63) is 40.4 Å². The number of hydrogen-bond acceptors (Lipinski definition) is 4. The first-order valence-corrected chi connectivity index (χ1v) is 5.63. The number of aromatic nitrogens is 1. The van der Waals surface area contributed by atoms with Gasteiger partial charge in [0, 0.05) is 23.7 Å². The lowest BCUT2D eigenvalue weighted by Gasteiger charge is -2.06. The van der Waals surface area contributed by atoms with Crippen LogP contribution in [0.25, 0.3) is 0 Å². The Morgan fingerprint density at radius 3 is 3.07 bits per heavy atom. The molecule has 0 saturated heterocycles. The van der Waals surface area contributed by atoms with Gasteiger partial charge in [0.05, 0.1) is 5.02 Å². The third-order valence-corrected chi connectivity index (χ3v) is 2.97. The number of anilines is 1. The number of aromatic hydroxyl groups is 1. The van der Waals surface area contributed by atoms with Gasteiger partial charge in [-0.1, -0.05) is 23.7 Å². The zero-order valence-corrected chi connectivity index (χ0v) is 9.35. The standard InChI is InChI=1S/C10H9ClN2OS/c11-8-3-1-2-7(9(8)14)6-13-10-12-4-5-15-10/h1-5,14H,6H2,(H,12,13). The second-order valence-electron chi connectivity index (χ2n) is 2.94. The van der Waals surface area contributed by atoms with Gasteiger partial charge in [0.25, 0.3) is 0 Å². The highest BCUT2D eigenvalue weighted by Gasteiger charge is 2.04. The van der Waals surface area contributed by atoms with Gasteiger partial charge >= 0.3 is 0 Å². The molecular weight excluding hydrogens is 232 g/mol. The maximum Gasteiger partial charge on any atom is 0.182 e. The third-order valence-electron chi connectivity index (χ3n) is 1.93. The number of phenolic OH excluding ortho intramolecular Hbond substituents is 1. The molecule has 2 N–H and O–H groups in total. The molecule has 1 aromatic carbocycles. The van der Waals surface area contributed by atoms with Crippen LogP contribution >= 0.6 is 22.9 Å². The summed E-state index contributed by atoms with van der Waals surface area (Å²) >= 11 is 7.30. The van der Waals surface area contributed by atoms with E-state index in [4.69, 9.17) is 11.6 Å². The van der Waals surface area contributed by atoms with Crippen LogP contribution in [0.15, 0.2) is 29.8 Å². The van der Waals surface area contributed by atoms with E-state index in [9.17, 15) is 5.11 Å². The average molecular weight is 241 g/mol. The molecule has 0 saturated carbocycles. The number of hydrogen-bond donors (Lipinski definition) is 2. The van der Waals surface area contributed by atoms with Gasteiger partial charge in [0.15, 0.2) is 5.13 Å². The smallest absolute Gasteiger partial charge is 0.182 e. The Labute approximate surface area is 96.4 Å². The van der Waals surface area contributed by atoms with Crippen LogP contribution in [0.4, 0.5) is 5.13 Å². The lowest BCUT2D eigenvalue weighted by Crippen LogP contribution is -1.98. The Hall–Kier alpha value is -1.26. The topological polar surface area (TPSA) is 45.1 Å². The molecular formula is C10H9ClN2OS. The van der Waals surface area contributed by atoms with Crippen molar-refractivity contribution < 1.29 is 5.11 Å². The van der Waals surface area contributed by atoms with Crippen LogP contribution in [-0.2, 0) is 6.54 Å². The summed E-state index contributed by atoms with van der Waals surface area (Å²) in [4.78, 5) is 4.08. The number of nitrogens with one attached hydrogen (secondary N) is 1. The van der Waals surface area contributed by atoms with Crippen LogP contribution in [0.1, 0.15) is 5.56 Å². The Morgan fingerprint density at radius 1 is 1.47 bits per heavy atom. The zero-order valence-electron chi connectivity index (χ0n) is 7.77. The molecule has 0 radical (unpaired) electrons. The molecule has 2 rings (SSSR count). The molecule has 3 nitrogen and oxygen atoms in total. The molecule has 1 aromatic heterocycles. The summed E-state index contributed by atoms with van der Waals surface area (Å²) in [6.45, 7) is 0.514. The molecule has 15 heavy (non-hydrogen) atoms. The highest BCUT2D eigenvalue weighted by Crippen LogP contribution is 2.27. The largest absolute Gasteiger partial charge is 0.506 e. The molecule has 0 unspecified atom stereocenters. The summed E-state index contributed by atoms with van der Waals surface area (Å²) in [5.41, 5.74) is 0.762. The van der Waals surface area contributed by atoms with Crippen LogP contribution in [0.2, 0.25) is 5.02 Å². The van der Waals surface area contributed by atoms with Crippen molar-refractivity contribution in [1.29, 1.82) is 0 Å². The monoisotopic (exact) mass is 240 g/mol. The van der Waals surface area contributed by atoms with Crippen molar-refractivity contribution in [2.45, 2.75) is 6.54 Å². The van der Waals surface area contributed by atoms with Crippen molar-refractivity contribution >= 4 is 28.1 Å². The molecule has 5 heteroatoms. The minimum Gasteiger partial charge on any atom is -0.506 e. The van der Waals surface area contributed by atoms with E-state index in [1.165, 1.54) is 11.3 Å². The van der Waals surface area contributed by atoms with E-state index in [0.29, 0.717) is 11.6 Å². The van der Waals surface area contributed by atoms with Crippen molar-refractivity contribution in [3.63, 3.8) is 0 Å². The van der Waals surface area contributed by atoms with E-state index in [-0.39, 0.29) is 5.75 Å². The Kier molecular flexibility index (Phi) is 3.08. The van der Waals surface area contributed by atoms with Gasteiger partial charge < -0.3 is 10.4 Å². The lowest BCUT2D eigenvalue weighted by atomic mass is 10.2. The van der Waals surface area contributed by atoms with E-state index in [1.54, 1.807) is 18.3 Å². The molecule has 78 valence electrons. The molecule has 0 amide bonds. The van der Waals surface area contributed by atoms with Crippen LogP contribution < -0.4 is 5.32 Å². The van der Waals surface area contributed by atoms with Gasteiger partial charge in [-0.15, -0.1) is 11.3 Å². The van der Waals surface area contributed by atoms with E-state index in [0.717, 1.165) is 10.7 Å². The average Bonchev–Trinajstić information content (AvgIpc) is 2.73. The van der Waals surface area contributed by atoms with E-state index in [1.807, 2.05) is 11.4 Å². The van der Waals surface area contributed by atoms with Gasteiger partial charge in [0.1, 0.15) is 5.75 Å². The van der Waals surface area contributed by atoms with E-state index < -0.39 is 0 Å². The van der Waals surface area contributed by atoms with Gasteiger partial charge in [-0.3, -0.25) is 0 Å². The quantitative estimate of drug-likeness (QED) is 0.867. The first-order valence-electron chi connectivity index (χ1n) is 4.37. The predicted molar refractivity (Wildman–Crippen MR) is 62.6 cm³/mol. The number of benzene rings is 1. The van der Waals surface area contributed by atoms with Crippen molar-refractivity contribution in [2.75, 3.05) is 5.32 Å². The Morgan fingerprint density at radius 2 is 2.33 bits per heavy atom. The zero-order chi connectivity index (χ0) is 10.7. The number of halogens is 1. The van der Waals surface area contributed by atoms with Crippen molar-refractivity contribution in [2.24, 2.45) is 0 Å². The molecule has 0 atom stereocenters. The second-order valence-corrected chi connectivity index (χ2v) is 4.24. The number of thiazole rings is 1. The summed E-state index contributed by atoms with van der Waals surface area (Å²) in [7, 11) is 0. The van der Waals surface area contributed by atoms with Gasteiger partial charge in [-0.2, -0.15) is 0 Å². The molecule has 1 heterocycles. The first-order chi connectivity index (χ1) is 7.27. The predicted octanol–water partition coefficient (Wildman–Crippen LogP) is 3.11. The van der Waals surface area contributed by atoms with Gasteiger partial charge in [-0.25, -0.2) is 4.98 Å². The summed E-state index contributed by atoms with van der Waals surface area (Å²) in [5, 5.41) is 15.8. The molecule has 0 fully saturated rings. The molecule has 2 aromatic rings. The second kappa shape index (κ2) is 4.51. The maximum absolute atomic E-state index is 9.64. The molecule has 0 aliphatic heterocycles. The van der Waals surface area contributed by atoms with Crippen LogP contribution in [-0.4, -0.2) is 10.1 Å². The van der Waals surface area contributed by atoms with Crippen LogP contribution in [0.3, 0.4) is 0 Å². The summed E-state index contributed by atoms with van der Waals surface area (Å²) < 4.78 is 0. The first kappa shape index (κ1) is 10.3. The fraction of sp³-hybridized carbons (Fsp3) is 0.100. The minimum atomic E-state index is 0.128. The SMILES string of the molecule is Oc1c(Cl)cccc1CNc1nccs1. The molecule has 0 bridgehead atoms. The number of phenols is 1. The third kappa shape index (κ3) is 2.40. The van der Waals surface area contributed by atoms with Crippen molar-refractivity contribution in [1.82, 2.24) is 4.98 Å². The number of nitrogens with zero attached hydrogens (tertiary/aromatic N) is 1. The summed E-state index contributed by atoms with van der Waals surface area (Å²) in [6.07, 6.45) is 1.73. The fourth-order valence-electron chi connectivity index (χ4n) is 1.18. The van der Waals surface area contributed by atoms with E-state index >= 15 is 0 Å². The molecule has 0 aliphatic carbocycles. The highest BCUT2D eigenvalue weighted by molar-refractivity contribution is 7.13.